The highest BCUT2D eigenvalue weighted by Gasteiger charge is 2.37. The van der Waals surface area contributed by atoms with E-state index in [9.17, 15) is 19.7 Å². The van der Waals surface area contributed by atoms with Crippen LogP contribution in [0.2, 0.25) is 0 Å². The fourth-order valence-electron chi connectivity index (χ4n) is 3.63. The SMILES string of the molecule is COC(=O)C[C@@H](C(=O)OC)[C@H](C[N+](=O)[O-])c1ccc(OC)c(OC2CCCC2)c1. The lowest BCUT2D eigenvalue weighted by Crippen LogP contribution is -2.31. The highest BCUT2D eigenvalue weighted by molar-refractivity contribution is 5.80. The fourth-order valence-corrected chi connectivity index (χ4v) is 3.63. The number of hydrogen-bond donors (Lipinski definition) is 0. The number of hydrogen-bond acceptors (Lipinski definition) is 8. The van der Waals surface area contributed by atoms with Crippen molar-refractivity contribution in [2.45, 2.75) is 44.1 Å². The van der Waals surface area contributed by atoms with E-state index in [1.807, 2.05) is 0 Å². The lowest BCUT2D eigenvalue weighted by Gasteiger charge is -2.23. The summed E-state index contributed by atoms with van der Waals surface area (Å²) in [6.45, 7) is -0.550. The summed E-state index contributed by atoms with van der Waals surface area (Å²) >= 11 is 0. The van der Waals surface area contributed by atoms with Crippen LogP contribution < -0.4 is 9.47 Å². The maximum atomic E-state index is 12.3. The van der Waals surface area contributed by atoms with E-state index in [0.717, 1.165) is 25.7 Å². The molecule has 1 saturated carbocycles. The molecule has 160 valence electrons. The normalized spacial score (nSPS) is 16.0. The molecule has 0 spiro atoms. The summed E-state index contributed by atoms with van der Waals surface area (Å²) in [5.74, 6) is -2.35. The van der Waals surface area contributed by atoms with Gasteiger partial charge in [-0.1, -0.05) is 6.07 Å². The van der Waals surface area contributed by atoms with Gasteiger partial charge in [0.05, 0.1) is 45.7 Å². The van der Waals surface area contributed by atoms with E-state index in [1.165, 1.54) is 21.3 Å². The molecule has 9 nitrogen and oxygen atoms in total. The van der Waals surface area contributed by atoms with Crippen LogP contribution in [0.25, 0.3) is 0 Å². The van der Waals surface area contributed by atoms with Crippen molar-refractivity contribution in [3.05, 3.63) is 33.9 Å². The van der Waals surface area contributed by atoms with Gasteiger partial charge in [-0.3, -0.25) is 19.7 Å². The van der Waals surface area contributed by atoms with Gasteiger partial charge in [0.1, 0.15) is 0 Å². The summed E-state index contributed by atoms with van der Waals surface area (Å²) in [5, 5.41) is 11.3. The maximum Gasteiger partial charge on any atom is 0.310 e. The van der Waals surface area contributed by atoms with Crippen molar-refractivity contribution in [3.8, 4) is 11.5 Å². The topological polar surface area (TPSA) is 114 Å². The molecule has 0 heterocycles. The van der Waals surface area contributed by atoms with E-state index >= 15 is 0 Å². The lowest BCUT2D eigenvalue weighted by atomic mass is 9.83. The first kappa shape index (κ1) is 22.4. The Balaban J connectivity index is 2.41. The number of ether oxygens (including phenoxy) is 4. The molecule has 0 unspecified atom stereocenters. The van der Waals surface area contributed by atoms with Crippen molar-refractivity contribution in [3.63, 3.8) is 0 Å². The van der Waals surface area contributed by atoms with Gasteiger partial charge in [0, 0.05) is 4.92 Å². The molecule has 1 aromatic carbocycles. The van der Waals surface area contributed by atoms with Gasteiger partial charge in [-0.2, -0.15) is 0 Å². The molecule has 29 heavy (non-hydrogen) atoms. The van der Waals surface area contributed by atoms with Crippen LogP contribution >= 0.6 is 0 Å². The average molecular weight is 409 g/mol. The van der Waals surface area contributed by atoms with E-state index < -0.39 is 35.2 Å². The third-order valence-corrected chi connectivity index (χ3v) is 5.16. The monoisotopic (exact) mass is 409 g/mol. The lowest BCUT2D eigenvalue weighted by molar-refractivity contribution is -0.484. The van der Waals surface area contributed by atoms with E-state index in [2.05, 4.69) is 4.74 Å². The summed E-state index contributed by atoms with van der Waals surface area (Å²) in [7, 11) is 3.89. The number of benzene rings is 1. The summed E-state index contributed by atoms with van der Waals surface area (Å²) in [6.07, 6.45) is 3.75. The molecule has 0 saturated heterocycles. The minimum Gasteiger partial charge on any atom is -0.493 e. The summed E-state index contributed by atoms with van der Waals surface area (Å²) < 4.78 is 20.9. The third kappa shape index (κ3) is 6.07. The molecule has 0 bridgehead atoms. The fraction of sp³-hybridized carbons (Fsp3) is 0.600. The Hall–Kier alpha value is -2.84. The van der Waals surface area contributed by atoms with Crippen LogP contribution in [0.3, 0.4) is 0 Å². The highest BCUT2D eigenvalue weighted by atomic mass is 16.6. The molecule has 0 N–H and O–H groups in total. The molecular formula is C20H27NO8. The Morgan fingerprint density at radius 3 is 2.38 bits per heavy atom. The summed E-state index contributed by atoms with van der Waals surface area (Å²) in [6, 6.07) is 4.94. The Bertz CT molecular complexity index is 729. The van der Waals surface area contributed by atoms with Crippen LogP contribution in [-0.4, -0.2) is 50.8 Å². The van der Waals surface area contributed by atoms with Crippen molar-refractivity contribution in [2.24, 2.45) is 5.92 Å². The summed E-state index contributed by atoms with van der Waals surface area (Å²) in [5.41, 5.74) is 0.495. The van der Waals surface area contributed by atoms with E-state index in [0.29, 0.717) is 17.1 Å². The average Bonchev–Trinajstić information content (AvgIpc) is 3.22. The minimum atomic E-state index is -1.06. The predicted molar refractivity (Wildman–Crippen MR) is 103 cm³/mol. The zero-order chi connectivity index (χ0) is 21.4. The Morgan fingerprint density at radius 2 is 1.83 bits per heavy atom. The zero-order valence-electron chi connectivity index (χ0n) is 16.9. The molecule has 0 radical (unpaired) electrons. The number of rotatable bonds is 10. The number of nitrogens with zero attached hydrogens (tertiary/aromatic N) is 1. The minimum absolute atomic E-state index is 0.0552. The predicted octanol–water partition coefficient (Wildman–Crippen LogP) is 2.73. The van der Waals surface area contributed by atoms with Crippen LogP contribution in [0.15, 0.2) is 18.2 Å². The van der Waals surface area contributed by atoms with Crippen molar-refractivity contribution in [1.82, 2.24) is 0 Å². The smallest absolute Gasteiger partial charge is 0.310 e. The van der Waals surface area contributed by atoms with Crippen molar-refractivity contribution in [1.29, 1.82) is 0 Å². The molecule has 0 aromatic heterocycles. The first-order valence-electron chi connectivity index (χ1n) is 9.50. The summed E-state index contributed by atoms with van der Waals surface area (Å²) in [4.78, 5) is 35.0. The van der Waals surface area contributed by atoms with Gasteiger partial charge < -0.3 is 18.9 Å². The quantitative estimate of drug-likeness (QED) is 0.329. The Labute approximate surface area is 169 Å². The van der Waals surface area contributed by atoms with Crippen LogP contribution in [0.5, 0.6) is 11.5 Å². The number of carbonyl (C=O) groups is 2. The maximum absolute atomic E-state index is 12.3. The van der Waals surface area contributed by atoms with Gasteiger partial charge in [-0.25, -0.2) is 0 Å². The molecule has 1 aliphatic rings. The number of nitro groups is 1. The van der Waals surface area contributed by atoms with Crippen LogP contribution in [0.4, 0.5) is 0 Å². The number of carbonyl (C=O) groups excluding carboxylic acids is 2. The van der Waals surface area contributed by atoms with Crippen molar-refractivity contribution >= 4 is 11.9 Å². The van der Waals surface area contributed by atoms with E-state index in [1.54, 1.807) is 18.2 Å². The van der Waals surface area contributed by atoms with Crippen molar-refractivity contribution < 1.29 is 33.5 Å². The van der Waals surface area contributed by atoms with Gasteiger partial charge in [-0.05, 0) is 43.4 Å². The van der Waals surface area contributed by atoms with Crippen molar-refractivity contribution in [2.75, 3.05) is 27.9 Å². The van der Waals surface area contributed by atoms with Gasteiger partial charge in [-0.15, -0.1) is 0 Å². The van der Waals surface area contributed by atoms with Gasteiger partial charge >= 0.3 is 11.9 Å². The molecule has 1 aromatic rings. The first-order chi connectivity index (χ1) is 13.9. The molecule has 0 aliphatic heterocycles. The molecular weight excluding hydrogens is 382 g/mol. The van der Waals surface area contributed by atoms with E-state index in [-0.39, 0.29) is 12.5 Å². The Morgan fingerprint density at radius 1 is 1.14 bits per heavy atom. The molecule has 1 aliphatic carbocycles. The third-order valence-electron chi connectivity index (χ3n) is 5.16. The first-order valence-corrected chi connectivity index (χ1v) is 9.50. The molecule has 9 heteroatoms. The molecule has 2 rings (SSSR count). The van der Waals surface area contributed by atoms with Crippen LogP contribution in [0, 0.1) is 16.0 Å². The molecule has 2 atom stereocenters. The highest BCUT2D eigenvalue weighted by Crippen LogP contribution is 2.37. The second kappa shape index (κ2) is 10.6. The molecule has 1 fully saturated rings. The standard InChI is InChI=1S/C20H27NO8/c1-26-17-9-8-13(10-18(17)29-14-6-4-5-7-14)16(12-21(24)25)15(20(23)28-3)11-19(22)27-2/h8-10,14-16H,4-7,11-12H2,1-3H3/t15-,16-/m1/s1. The Kier molecular flexibility index (Phi) is 8.23. The van der Waals surface area contributed by atoms with Crippen LogP contribution in [0.1, 0.15) is 43.6 Å². The van der Waals surface area contributed by atoms with Gasteiger partial charge in [0.25, 0.3) is 0 Å². The van der Waals surface area contributed by atoms with Crippen LogP contribution in [-0.2, 0) is 19.1 Å². The second-order valence-electron chi connectivity index (χ2n) is 6.97. The zero-order valence-corrected chi connectivity index (χ0v) is 16.9. The second-order valence-corrected chi connectivity index (χ2v) is 6.97. The number of esters is 2. The molecule has 0 amide bonds. The largest absolute Gasteiger partial charge is 0.493 e. The van der Waals surface area contributed by atoms with E-state index in [4.69, 9.17) is 14.2 Å². The van der Waals surface area contributed by atoms with Gasteiger partial charge in [0.2, 0.25) is 6.54 Å². The van der Waals surface area contributed by atoms with Gasteiger partial charge in [0.15, 0.2) is 11.5 Å². The number of methoxy groups -OCH3 is 3.